The maximum absolute atomic E-state index is 12.9. The molecule has 2 heterocycles. The van der Waals surface area contributed by atoms with Crippen LogP contribution in [0.15, 0.2) is 47.3 Å². The summed E-state index contributed by atoms with van der Waals surface area (Å²) in [6.07, 6.45) is -2.53. The molecular formula is C16H13F3N2S2. The number of halogens is 3. The predicted molar refractivity (Wildman–Crippen MR) is 87.4 cm³/mol. The van der Waals surface area contributed by atoms with Crippen molar-refractivity contribution in [2.24, 2.45) is 0 Å². The largest absolute Gasteiger partial charge is 0.416 e. The van der Waals surface area contributed by atoms with Gasteiger partial charge in [0.25, 0.3) is 0 Å². The lowest BCUT2D eigenvalue weighted by Crippen LogP contribution is -2.17. The van der Waals surface area contributed by atoms with E-state index in [1.54, 1.807) is 34.9 Å². The molecule has 0 bridgehead atoms. The van der Waals surface area contributed by atoms with Crippen molar-refractivity contribution in [2.75, 3.05) is 0 Å². The SMILES string of the molecule is FC(F)(F)c1ccccc1CNCc1ncc(-c2ccsc2)s1. The van der Waals surface area contributed by atoms with Gasteiger partial charge in [-0.15, -0.1) is 11.3 Å². The van der Waals surface area contributed by atoms with Crippen LogP contribution in [0.25, 0.3) is 10.4 Å². The zero-order valence-electron chi connectivity index (χ0n) is 11.9. The summed E-state index contributed by atoms with van der Waals surface area (Å²) in [5, 5.41) is 7.94. The van der Waals surface area contributed by atoms with Gasteiger partial charge in [0.15, 0.2) is 0 Å². The predicted octanol–water partition coefficient (Wildman–Crippen LogP) is 5.18. The third kappa shape index (κ3) is 3.99. The van der Waals surface area contributed by atoms with Crippen molar-refractivity contribution in [1.82, 2.24) is 10.3 Å². The molecule has 3 rings (SSSR count). The second-order valence-corrected chi connectivity index (χ2v) is 6.78. The van der Waals surface area contributed by atoms with E-state index in [1.165, 1.54) is 12.1 Å². The van der Waals surface area contributed by atoms with Crippen molar-refractivity contribution in [3.05, 3.63) is 63.4 Å². The van der Waals surface area contributed by atoms with Crippen LogP contribution >= 0.6 is 22.7 Å². The molecular weight excluding hydrogens is 341 g/mol. The molecule has 3 aromatic rings. The van der Waals surface area contributed by atoms with Gasteiger partial charge in [-0.25, -0.2) is 4.98 Å². The monoisotopic (exact) mass is 354 g/mol. The minimum absolute atomic E-state index is 0.156. The summed E-state index contributed by atoms with van der Waals surface area (Å²) in [5.74, 6) is 0. The maximum Gasteiger partial charge on any atom is 0.416 e. The molecule has 0 amide bonds. The molecule has 0 unspecified atom stereocenters. The normalized spacial score (nSPS) is 11.8. The third-order valence-electron chi connectivity index (χ3n) is 3.27. The van der Waals surface area contributed by atoms with E-state index >= 15 is 0 Å². The van der Waals surface area contributed by atoms with Crippen molar-refractivity contribution >= 4 is 22.7 Å². The summed E-state index contributed by atoms with van der Waals surface area (Å²) >= 11 is 3.17. The average Bonchev–Trinajstić information content (AvgIpc) is 3.17. The van der Waals surface area contributed by atoms with Crippen LogP contribution in [-0.4, -0.2) is 4.98 Å². The highest BCUT2D eigenvalue weighted by atomic mass is 32.1. The first kappa shape index (κ1) is 16.2. The fourth-order valence-corrected chi connectivity index (χ4v) is 3.80. The number of nitrogens with zero attached hydrogens (tertiary/aromatic N) is 1. The number of hydrogen-bond acceptors (Lipinski definition) is 4. The molecule has 0 spiro atoms. The summed E-state index contributed by atoms with van der Waals surface area (Å²) < 4.78 is 38.8. The number of rotatable bonds is 5. The van der Waals surface area contributed by atoms with E-state index in [9.17, 15) is 13.2 Å². The molecule has 1 aromatic carbocycles. The van der Waals surface area contributed by atoms with Gasteiger partial charge in [-0.05, 0) is 28.5 Å². The lowest BCUT2D eigenvalue weighted by molar-refractivity contribution is -0.138. The Morgan fingerprint density at radius 1 is 1.09 bits per heavy atom. The van der Waals surface area contributed by atoms with Gasteiger partial charge in [0.05, 0.1) is 10.4 Å². The summed E-state index contributed by atoms with van der Waals surface area (Å²) in [7, 11) is 0. The Kier molecular flexibility index (Phi) is 4.79. The first-order valence-electron chi connectivity index (χ1n) is 6.87. The highest BCUT2D eigenvalue weighted by molar-refractivity contribution is 7.15. The van der Waals surface area contributed by atoms with Gasteiger partial charge in [-0.3, -0.25) is 0 Å². The zero-order valence-corrected chi connectivity index (χ0v) is 13.6. The molecule has 0 aliphatic rings. The Morgan fingerprint density at radius 3 is 2.65 bits per heavy atom. The van der Waals surface area contributed by atoms with E-state index < -0.39 is 11.7 Å². The van der Waals surface area contributed by atoms with Crippen LogP contribution in [0.1, 0.15) is 16.1 Å². The molecule has 2 nitrogen and oxygen atoms in total. The lowest BCUT2D eigenvalue weighted by atomic mass is 10.1. The average molecular weight is 354 g/mol. The topological polar surface area (TPSA) is 24.9 Å². The van der Waals surface area contributed by atoms with Crippen LogP contribution in [0.4, 0.5) is 13.2 Å². The molecule has 0 aliphatic heterocycles. The van der Waals surface area contributed by atoms with Gasteiger partial charge < -0.3 is 5.32 Å². The highest BCUT2D eigenvalue weighted by Crippen LogP contribution is 2.32. The van der Waals surface area contributed by atoms with E-state index in [2.05, 4.69) is 10.3 Å². The van der Waals surface area contributed by atoms with Crippen molar-refractivity contribution in [3.8, 4) is 10.4 Å². The molecule has 0 fully saturated rings. The molecule has 120 valence electrons. The maximum atomic E-state index is 12.9. The lowest BCUT2D eigenvalue weighted by Gasteiger charge is -2.12. The molecule has 2 aromatic heterocycles. The van der Waals surface area contributed by atoms with E-state index in [-0.39, 0.29) is 12.1 Å². The molecule has 7 heteroatoms. The van der Waals surface area contributed by atoms with Gasteiger partial charge in [-0.1, -0.05) is 18.2 Å². The van der Waals surface area contributed by atoms with E-state index in [4.69, 9.17) is 0 Å². The minimum atomic E-state index is -4.33. The number of aromatic nitrogens is 1. The standard InChI is InChI=1S/C16H13F3N2S2/c17-16(18,19)13-4-2-1-3-11(13)7-20-9-15-21-8-14(23-15)12-5-6-22-10-12/h1-6,8,10,20H,7,9H2. The van der Waals surface area contributed by atoms with Crippen LogP contribution in [0, 0.1) is 0 Å². The molecule has 0 aliphatic carbocycles. The van der Waals surface area contributed by atoms with Crippen LogP contribution in [0.3, 0.4) is 0 Å². The fourth-order valence-electron chi connectivity index (χ4n) is 2.19. The molecule has 0 atom stereocenters. The van der Waals surface area contributed by atoms with Crippen molar-refractivity contribution in [2.45, 2.75) is 19.3 Å². The smallest absolute Gasteiger partial charge is 0.306 e. The van der Waals surface area contributed by atoms with Crippen LogP contribution in [0.2, 0.25) is 0 Å². The number of alkyl halides is 3. The Labute approximate surface area is 139 Å². The Balaban J connectivity index is 1.62. The van der Waals surface area contributed by atoms with Gasteiger partial charge in [0.2, 0.25) is 0 Å². The number of hydrogen-bond donors (Lipinski definition) is 1. The second kappa shape index (κ2) is 6.82. The van der Waals surface area contributed by atoms with Crippen molar-refractivity contribution in [3.63, 3.8) is 0 Å². The summed E-state index contributed by atoms with van der Waals surface area (Å²) in [6.45, 7) is 0.601. The van der Waals surface area contributed by atoms with E-state index in [0.717, 1.165) is 21.5 Å². The summed E-state index contributed by atoms with van der Waals surface area (Å²) in [5.41, 5.74) is 0.779. The van der Waals surface area contributed by atoms with Gasteiger partial charge in [0.1, 0.15) is 5.01 Å². The van der Waals surface area contributed by atoms with Crippen molar-refractivity contribution < 1.29 is 13.2 Å². The Morgan fingerprint density at radius 2 is 1.91 bits per heavy atom. The van der Waals surface area contributed by atoms with Gasteiger partial charge in [0, 0.05) is 24.8 Å². The minimum Gasteiger partial charge on any atom is -0.306 e. The Bertz CT molecular complexity index is 764. The number of thiophene rings is 1. The van der Waals surface area contributed by atoms with Crippen LogP contribution in [0.5, 0.6) is 0 Å². The van der Waals surface area contributed by atoms with Crippen molar-refractivity contribution in [1.29, 1.82) is 0 Å². The molecule has 0 saturated carbocycles. The quantitative estimate of drug-likeness (QED) is 0.683. The van der Waals surface area contributed by atoms with Gasteiger partial charge in [-0.2, -0.15) is 24.5 Å². The molecule has 1 N–H and O–H groups in total. The summed E-state index contributed by atoms with van der Waals surface area (Å²) in [4.78, 5) is 5.38. The van der Waals surface area contributed by atoms with Gasteiger partial charge >= 0.3 is 6.18 Å². The number of benzene rings is 1. The molecule has 0 radical (unpaired) electrons. The molecule has 23 heavy (non-hydrogen) atoms. The Hall–Kier alpha value is -1.70. The van der Waals surface area contributed by atoms with E-state index in [0.29, 0.717) is 6.54 Å². The first-order valence-corrected chi connectivity index (χ1v) is 8.63. The second-order valence-electron chi connectivity index (χ2n) is 4.89. The van der Waals surface area contributed by atoms with Crippen LogP contribution in [-0.2, 0) is 19.3 Å². The highest BCUT2D eigenvalue weighted by Gasteiger charge is 2.32. The number of thiazole rings is 1. The molecule has 0 saturated heterocycles. The number of nitrogens with one attached hydrogen (secondary N) is 1. The third-order valence-corrected chi connectivity index (χ3v) is 5.00. The van der Waals surface area contributed by atoms with E-state index in [1.807, 2.05) is 16.8 Å². The zero-order chi connectivity index (χ0) is 16.3. The fraction of sp³-hybridized carbons (Fsp3) is 0.188. The summed E-state index contributed by atoms with van der Waals surface area (Å²) in [6, 6.07) is 7.64. The van der Waals surface area contributed by atoms with Crippen LogP contribution < -0.4 is 5.32 Å². The first-order chi connectivity index (χ1) is 11.0.